The first-order valence-electron chi connectivity index (χ1n) is 10.1. The van der Waals surface area contributed by atoms with Gasteiger partial charge in [0.2, 0.25) is 0 Å². The van der Waals surface area contributed by atoms with Crippen LogP contribution in [0, 0.1) is 17.7 Å². The number of azide groups is 1. The van der Waals surface area contributed by atoms with Gasteiger partial charge in [0.25, 0.3) is 0 Å². The van der Waals surface area contributed by atoms with E-state index in [2.05, 4.69) is 20.3 Å². The highest BCUT2D eigenvalue weighted by Crippen LogP contribution is 2.43. The van der Waals surface area contributed by atoms with Crippen molar-refractivity contribution in [2.45, 2.75) is 38.1 Å². The minimum Gasteiger partial charge on any atom is -0.481 e. The van der Waals surface area contributed by atoms with Crippen molar-refractivity contribution < 1.29 is 38.5 Å². The number of carbonyl (C=O) groups is 3. The molecule has 1 fully saturated rings. The molecular weight excluding hydrogens is 455 g/mol. The van der Waals surface area contributed by atoms with E-state index in [-0.39, 0.29) is 12.3 Å². The van der Waals surface area contributed by atoms with Crippen LogP contribution in [-0.4, -0.2) is 62.1 Å². The monoisotopic (exact) mass is 476 g/mol. The lowest BCUT2D eigenvalue weighted by atomic mass is 9.77. The van der Waals surface area contributed by atoms with Crippen LogP contribution in [0.3, 0.4) is 0 Å². The van der Waals surface area contributed by atoms with Gasteiger partial charge in [-0.1, -0.05) is 22.5 Å². The number of ether oxygens (including phenoxy) is 2. The molecule has 1 aliphatic rings. The summed E-state index contributed by atoms with van der Waals surface area (Å²) in [5, 5.41) is 30.6. The third-order valence-electron chi connectivity index (χ3n) is 5.41. The lowest BCUT2D eigenvalue weighted by Gasteiger charge is -2.44. The molecule has 5 atom stereocenters. The average Bonchev–Trinajstić information content (AvgIpc) is 3.23. The number of carbonyl (C=O) groups excluding carboxylic acids is 1. The summed E-state index contributed by atoms with van der Waals surface area (Å²) in [4.78, 5) is 37.4. The standard InChI is InChI=1S/C20H21FN6O7/c1-10(28)33-9-16-13(6-17(29)30)19(14(7-18(31)32)20(34-16)24-25-22)27-8-15(23-26-27)11-3-2-4-12(21)5-11/h2-5,8,13-14,16,19-20H,6-7,9H2,1H3,(H,29,30)(H,31,32)/t13-,14+,16-,19-,20?/m0/s1. The highest BCUT2D eigenvalue weighted by molar-refractivity contribution is 5.68. The van der Waals surface area contributed by atoms with Crippen molar-refractivity contribution in [3.8, 4) is 11.3 Å². The first-order valence-corrected chi connectivity index (χ1v) is 10.1. The van der Waals surface area contributed by atoms with Crippen LogP contribution in [0.1, 0.15) is 25.8 Å². The van der Waals surface area contributed by atoms with Crippen LogP contribution >= 0.6 is 0 Å². The molecule has 13 nitrogen and oxygen atoms in total. The largest absolute Gasteiger partial charge is 0.481 e. The molecule has 2 heterocycles. The number of benzene rings is 1. The lowest BCUT2D eigenvalue weighted by molar-refractivity contribution is -0.180. The highest BCUT2D eigenvalue weighted by Gasteiger charge is 2.49. The number of aromatic nitrogens is 3. The highest BCUT2D eigenvalue weighted by atomic mass is 19.1. The minimum atomic E-state index is -1.32. The van der Waals surface area contributed by atoms with E-state index >= 15 is 0 Å². The summed E-state index contributed by atoms with van der Waals surface area (Å²) in [5.41, 5.74) is 9.65. The van der Waals surface area contributed by atoms with Crippen LogP contribution in [0.25, 0.3) is 21.7 Å². The SMILES string of the molecule is CC(=O)OC[C@@H]1OC(N=[N+]=[N-])[C@H](CC(=O)O)[C@@H](n2cc(-c3cccc(F)c3)nn2)[C@H]1CC(=O)O. The molecule has 1 aromatic carbocycles. The number of aliphatic carboxylic acids is 2. The van der Waals surface area contributed by atoms with Gasteiger partial charge in [0, 0.05) is 29.2 Å². The first-order chi connectivity index (χ1) is 16.2. The van der Waals surface area contributed by atoms with Gasteiger partial charge >= 0.3 is 17.9 Å². The summed E-state index contributed by atoms with van der Waals surface area (Å²) in [6.07, 6.45) is -1.99. The van der Waals surface area contributed by atoms with Gasteiger partial charge in [-0.15, -0.1) is 5.10 Å². The molecule has 0 saturated carbocycles. The minimum absolute atomic E-state index is 0.256. The summed E-state index contributed by atoms with van der Waals surface area (Å²) >= 11 is 0. The maximum absolute atomic E-state index is 13.7. The Morgan fingerprint density at radius 3 is 2.59 bits per heavy atom. The van der Waals surface area contributed by atoms with Crippen molar-refractivity contribution in [1.29, 1.82) is 0 Å². The molecule has 0 bridgehead atoms. The molecule has 0 amide bonds. The van der Waals surface area contributed by atoms with Crippen molar-refractivity contribution in [3.05, 3.63) is 46.7 Å². The lowest BCUT2D eigenvalue weighted by Crippen LogP contribution is -2.51. The molecule has 0 spiro atoms. The van der Waals surface area contributed by atoms with E-state index < -0.39 is 66.8 Å². The number of halogens is 1. The number of esters is 1. The predicted octanol–water partition coefficient (Wildman–Crippen LogP) is 2.41. The average molecular weight is 476 g/mol. The molecule has 3 rings (SSSR count). The molecule has 34 heavy (non-hydrogen) atoms. The van der Waals surface area contributed by atoms with Crippen LogP contribution in [0.4, 0.5) is 4.39 Å². The van der Waals surface area contributed by atoms with E-state index in [1.807, 2.05) is 0 Å². The van der Waals surface area contributed by atoms with E-state index in [1.165, 1.54) is 29.1 Å². The number of hydrogen-bond acceptors (Lipinski definition) is 8. The van der Waals surface area contributed by atoms with Gasteiger partial charge in [0.05, 0.1) is 31.2 Å². The summed E-state index contributed by atoms with van der Waals surface area (Å²) in [6.45, 7) is 0.805. The van der Waals surface area contributed by atoms with Crippen molar-refractivity contribution in [2.24, 2.45) is 17.0 Å². The summed E-state index contributed by atoms with van der Waals surface area (Å²) < 4.78 is 25.7. The first kappa shape index (κ1) is 24.6. The number of nitrogens with zero attached hydrogens (tertiary/aromatic N) is 6. The summed E-state index contributed by atoms with van der Waals surface area (Å²) in [7, 11) is 0. The molecule has 1 aliphatic heterocycles. The van der Waals surface area contributed by atoms with Gasteiger partial charge in [0.1, 0.15) is 24.3 Å². The zero-order valence-corrected chi connectivity index (χ0v) is 17.9. The van der Waals surface area contributed by atoms with E-state index in [9.17, 15) is 29.0 Å². The fourth-order valence-corrected chi connectivity index (χ4v) is 4.09. The second-order valence-electron chi connectivity index (χ2n) is 7.68. The van der Waals surface area contributed by atoms with Crippen LogP contribution in [0.2, 0.25) is 0 Å². The Morgan fingerprint density at radius 2 is 1.97 bits per heavy atom. The van der Waals surface area contributed by atoms with Crippen molar-refractivity contribution in [1.82, 2.24) is 15.0 Å². The van der Waals surface area contributed by atoms with Crippen LogP contribution in [0.15, 0.2) is 35.6 Å². The van der Waals surface area contributed by atoms with Gasteiger partial charge in [-0.2, -0.15) is 0 Å². The van der Waals surface area contributed by atoms with Crippen molar-refractivity contribution in [3.63, 3.8) is 0 Å². The Kier molecular flexibility index (Phi) is 7.76. The summed E-state index contributed by atoms with van der Waals surface area (Å²) in [5.74, 6) is -5.57. The molecule has 1 saturated heterocycles. The number of carboxylic acids is 2. The maximum atomic E-state index is 13.7. The van der Waals surface area contributed by atoms with E-state index in [1.54, 1.807) is 6.07 Å². The smallest absolute Gasteiger partial charge is 0.303 e. The third kappa shape index (κ3) is 5.85. The molecular formula is C20H21FN6O7. The number of carboxylic acid groups (broad SMARTS) is 2. The fourth-order valence-electron chi connectivity index (χ4n) is 4.09. The molecule has 0 aliphatic carbocycles. The molecule has 14 heteroatoms. The maximum Gasteiger partial charge on any atom is 0.303 e. The van der Waals surface area contributed by atoms with Gasteiger partial charge in [-0.25, -0.2) is 9.07 Å². The second-order valence-corrected chi connectivity index (χ2v) is 7.68. The van der Waals surface area contributed by atoms with E-state index in [0.29, 0.717) is 5.56 Å². The van der Waals surface area contributed by atoms with Crippen LogP contribution < -0.4 is 0 Å². The normalized spacial score (nSPS) is 24.1. The molecule has 1 unspecified atom stereocenters. The molecule has 180 valence electrons. The topological polar surface area (TPSA) is 190 Å². The Balaban J connectivity index is 2.10. The van der Waals surface area contributed by atoms with Gasteiger partial charge in [-0.05, 0) is 17.7 Å². The third-order valence-corrected chi connectivity index (χ3v) is 5.41. The Hall–Kier alpha value is -4.03. The van der Waals surface area contributed by atoms with Gasteiger partial charge in [-0.3, -0.25) is 14.4 Å². The van der Waals surface area contributed by atoms with Crippen LogP contribution in [-0.2, 0) is 23.9 Å². The van der Waals surface area contributed by atoms with Crippen LogP contribution in [0.5, 0.6) is 0 Å². The Labute approximate surface area is 191 Å². The van der Waals surface area contributed by atoms with Gasteiger partial charge < -0.3 is 19.7 Å². The zero-order valence-electron chi connectivity index (χ0n) is 17.9. The fraction of sp³-hybridized carbons (Fsp3) is 0.450. The van der Waals surface area contributed by atoms with Crippen molar-refractivity contribution in [2.75, 3.05) is 6.61 Å². The molecule has 2 aromatic rings. The molecule has 2 N–H and O–H groups in total. The number of hydrogen-bond donors (Lipinski definition) is 2. The van der Waals surface area contributed by atoms with E-state index in [4.69, 9.17) is 15.0 Å². The van der Waals surface area contributed by atoms with Gasteiger partial charge in [0.15, 0.2) is 0 Å². The summed E-state index contributed by atoms with van der Waals surface area (Å²) in [6, 6.07) is 4.57. The predicted molar refractivity (Wildman–Crippen MR) is 110 cm³/mol. The quantitative estimate of drug-likeness (QED) is 0.237. The Bertz CT molecular complexity index is 1120. The molecule has 0 radical (unpaired) electrons. The molecule has 1 aromatic heterocycles. The van der Waals surface area contributed by atoms with E-state index in [0.717, 1.165) is 6.92 Å². The second kappa shape index (κ2) is 10.7. The Morgan fingerprint density at radius 1 is 1.26 bits per heavy atom. The number of rotatable bonds is 9. The van der Waals surface area contributed by atoms with Crippen molar-refractivity contribution >= 4 is 17.9 Å². The zero-order chi connectivity index (χ0) is 24.8.